The third-order valence-electron chi connectivity index (χ3n) is 3.95. The Kier molecular flexibility index (Phi) is 6.07. The van der Waals surface area contributed by atoms with Crippen LogP contribution in [0.3, 0.4) is 0 Å². The Hall–Kier alpha value is -1.89. The second-order valence-electron chi connectivity index (χ2n) is 5.72. The molecule has 0 radical (unpaired) electrons. The van der Waals surface area contributed by atoms with E-state index in [0.29, 0.717) is 6.54 Å². The molecule has 3 aromatic rings. The van der Waals surface area contributed by atoms with Gasteiger partial charge in [-0.3, -0.25) is 0 Å². The molecule has 25 heavy (non-hydrogen) atoms. The summed E-state index contributed by atoms with van der Waals surface area (Å²) in [6, 6.07) is 10.4. The Labute approximate surface area is 156 Å². The van der Waals surface area contributed by atoms with Crippen LogP contribution in [0.5, 0.6) is 11.5 Å². The van der Waals surface area contributed by atoms with Crippen molar-refractivity contribution in [1.82, 2.24) is 10.3 Å². The molecular formula is C19H22N2O2S2. The van der Waals surface area contributed by atoms with Crippen LogP contribution in [0.25, 0.3) is 0 Å². The summed E-state index contributed by atoms with van der Waals surface area (Å²) in [5.41, 5.74) is 2.17. The Morgan fingerprint density at radius 3 is 2.68 bits per heavy atom. The third-order valence-corrected chi connectivity index (χ3v) is 5.93. The van der Waals surface area contributed by atoms with E-state index < -0.39 is 0 Å². The Balaban J connectivity index is 1.76. The standard InChI is InChI=1S/C19H22N2O2S2/c1-13-12-25-19(21-13)17(10-16-5-4-8-24-16)20-11-14-6-7-15(22-2)9-18(14)23-3/h4-9,12,17,20H,10-11H2,1-3H3/t17-/m1/s1. The van der Waals surface area contributed by atoms with Crippen LogP contribution in [0.2, 0.25) is 0 Å². The largest absolute Gasteiger partial charge is 0.497 e. The van der Waals surface area contributed by atoms with E-state index in [1.54, 1.807) is 36.9 Å². The number of benzene rings is 1. The van der Waals surface area contributed by atoms with Crippen molar-refractivity contribution >= 4 is 22.7 Å². The van der Waals surface area contributed by atoms with Gasteiger partial charge in [-0.2, -0.15) is 0 Å². The first-order valence-corrected chi connectivity index (χ1v) is 9.84. The van der Waals surface area contributed by atoms with Crippen molar-refractivity contribution < 1.29 is 9.47 Å². The molecule has 6 heteroatoms. The number of thiazole rings is 1. The van der Waals surface area contributed by atoms with E-state index in [9.17, 15) is 0 Å². The number of hydrogen-bond acceptors (Lipinski definition) is 6. The lowest BCUT2D eigenvalue weighted by Crippen LogP contribution is -2.23. The normalized spacial score (nSPS) is 12.1. The van der Waals surface area contributed by atoms with Gasteiger partial charge in [0.15, 0.2) is 0 Å². The molecule has 0 saturated heterocycles. The number of aromatic nitrogens is 1. The number of rotatable bonds is 8. The highest BCUT2D eigenvalue weighted by atomic mass is 32.1. The van der Waals surface area contributed by atoms with Gasteiger partial charge in [0.05, 0.1) is 20.3 Å². The molecule has 0 fully saturated rings. The number of aryl methyl sites for hydroxylation is 1. The Morgan fingerprint density at radius 1 is 1.16 bits per heavy atom. The number of thiophene rings is 1. The predicted molar refractivity (Wildman–Crippen MR) is 104 cm³/mol. The molecule has 132 valence electrons. The monoisotopic (exact) mass is 374 g/mol. The molecule has 2 aromatic heterocycles. The molecule has 0 aliphatic rings. The number of hydrogen-bond donors (Lipinski definition) is 1. The highest BCUT2D eigenvalue weighted by Crippen LogP contribution is 2.27. The zero-order valence-corrected chi connectivity index (χ0v) is 16.2. The van der Waals surface area contributed by atoms with Crippen molar-refractivity contribution in [2.75, 3.05) is 14.2 Å². The lowest BCUT2D eigenvalue weighted by Gasteiger charge is -2.17. The average Bonchev–Trinajstić information content (AvgIpc) is 3.30. The molecule has 1 atom stereocenters. The smallest absolute Gasteiger partial charge is 0.127 e. The minimum atomic E-state index is 0.184. The molecule has 0 spiro atoms. The average molecular weight is 375 g/mol. The lowest BCUT2D eigenvalue weighted by atomic mass is 10.1. The highest BCUT2D eigenvalue weighted by molar-refractivity contribution is 7.10. The number of nitrogens with one attached hydrogen (secondary N) is 1. The zero-order valence-electron chi connectivity index (χ0n) is 14.6. The van der Waals surface area contributed by atoms with Gasteiger partial charge in [-0.05, 0) is 24.4 Å². The van der Waals surface area contributed by atoms with Gasteiger partial charge in [-0.15, -0.1) is 22.7 Å². The van der Waals surface area contributed by atoms with Crippen LogP contribution in [-0.4, -0.2) is 19.2 Å². The summed E-state index contributed by atoms with van der Waals surface area (Å²) in [6.45, 7) is 2.75. The Bertz CT molecular complexity index is 800. The van der Waals surface area contributed by atoms with Crippen molar-refractivity contribution in [3.05, 3.63) is 62.2 Å². The lowest BCUT2D eigenvalue weighted by molar-refractivity contribution is 0.388. The van der Waals surface area contributed by atoms with E-state index in [0.717, 1.165) is 34.2 Å². The van der Waals surface area contributed by atoms with E-state index in [1.807, 2.05) is 25.1 Å². The minimum absolute atomic E-state index is 0.184. The van der Waals surface area contributed by atoms with Gasteiger partial charge in [-0.1, -0.05) is 12.1 Å². The molecule has 4 nitrogen and oxygen atoms in total. The van der Waals surface area contributed by atoms with Crippen LogP contribution < -0.4 is 14.8 Å². The molecule has 0 aliphatic heterocycles. The minimum Gasteiger partial charge on any atom is -0.497 e. The summed E-state index contributed by atoms with van der Waals surface area (Å²) in [5.74, 6) is 1.63. The van der Waals surface area contributed by atoms with Crippen molar-refractivity contribution in [2.45, 2.75) is 25.9 Å². The number of ether oxygens (including phenoxy) is 2. The van der Waals surface area contributed by atoms with Crippen LogP contribution in [-0.2, 0) is 13.0 Å². The molecule has 0 saturated carbocycles. The zero-order chi connectivity index (χ0) is 17.6. The van der Waals surface area contributed by atoms with Crippen molar-refractivity contribution in [2.24, 2.45) is 0 Å². The molecule has 0 aliphatic carbocycles. The van der Waals surface area contributed by atoms with Gasteiger partial charge in [-0.25, -0.2) is 4.98 Å². The molecule has 3 rings (SSSR count). The van der Waals surface area contributed by atoms with Crippen molar-refractivity contribution in [3.8, 4) is 11.5 Å². The first-order valence-electron chi connectivity index (χ1n) is 8.08. The predicted octanol–water partition coefficient (Wildman–Crippen LogP) is 4.60. The van der Waals surface area contributed by atoms with Crippen LogP contribution in [0, 0.1) is 6.92 Å². The molecule has 0 bridgehead atoms. The fourth-order valence-electron chi connectivity index (χ4n) is 2.64. The van der Waals surface area contributed by atoms with Gasteiger partial charge >= 0.3 is 0 Å². The van der Waals surface area contributed by atoms with E-state index >= 15 is 0 Å². The summed E-state index contributed by atoms with van der Waals surface area (Å²) in [5, 5.41) is 8.99. The number of methoxy groups -OCH3 is 2. The fraction of sp³-hybridized carbons (Fsp3) is 0.316. The summed E-state index contributed by atoms with van der Waals surface area (Å²) in [6.07, 6.45) is 0.934. The van der Waals surface area contributed by atoms with Gasteiger partial charge in [0, 0.05) is 40.5 Å². The molecule has 0 amide bonds. The number of nitrogens with zero attached hydrogens (tertiary/aromatic N) is 1. The topological polar surface area (TPSA) is 43.4 Å². The van der Waals surface area contributed by atoms with Gasteiger partial charge in [0.25, 0.3) is 0 Å². The molecule has 1 N–H and O–H groups in total. The third kappa shape index (κ3) is 4.60. The SMILES string of the molecule is COc1ccc(CN[C@H](Cc2cccs2)c2nc(C)cs2)c(OC)c1. The maximum Gasteiger partial charge on any atom is 0.127 e. The van der Waals surface area contributed by atoms with Crippen LogP contribution >= 0.6 is 22.7 Å². The van der Waals surface area contributed by atoms with E-state index in [2.05, 4.69) is 33.2 Å². The van der Waals surface area contributed by atoms with Gasteiger partial charge in [0.2, 0.25) is 0 Å². The van der Waals surface area contributed by atoms with Gasteiger partial charge in [0.1, 0.15) is 16.5 Å². The van der Waals surface area contributed by atoms with E-state index in [-0.39, 0.29) is 6.04 Å². The fourth-order valence-corrected chi connectivity index (χ4v) is 4.26. The second-order valence-corrected chi connectivity index (χ2v) is 7.64. The first kappa shape index (κ1) is 17.9. The van der Waals surface area contributed by atoms with Crippen LogP contribution in [0.1, 0.15) is 27.2 Å². The van der Waals surface area contributed by atoms with Crippen LogP contribution in [0.4, 0.5) is 0 Å². The van der Waals surface area contributed by atoms with Crippen LogP contribution in [0.15, 0.2) is 41.1 Å². The first-order chi connectivity index (χ1) is 12.2. The van der Waals surface area contributed by atoms with Crippen molar-refractivity contribution in [3.63, 3.8) is 0 Å². The summed E-state index contributed by atoms with van der Waals surface area (Å²) in [7, 11) is 3.35. The highest BCUT2D eigenvalue weighted by Gasteiger charge is 2.17. The molecular weight excluding hydrogens is 352 g/mol. The summed E-state index contributed by atoms with van der Waals surface area (Å²) < 4.78 is 10.8. The van der Waals surface area contributed by atoms with Gasteiger partial charge < -0.3 is 14.8 Å². The maximum absolute atomic E-state index is 5.50. The van der Waals surface area contributed by atoms with Crippen molar-refractivity contribution in [1.29, 1.82) is 0 Å². The molecule has 1 aromatic carbocycles. The molecule has 2 heterocycles. The Morgan fingerprint density at radius 2 is 2.04 bits per heavy atom. The quantitative estimate of drug-likeness (QED) is 0.626. The van der Waals surface area contributed by atoms with E-state index in [1.165, 1.54) is 4.88 Å². The maximum atomic E-state index is 5.50. The molecule has 0 unspecified atom stereocenters. The van der Waals surface area contributed by atoms with E-state index in [4.69, 9.17) is 9.47 Å². The second kappa shape index (κ2) is 8.47. The summed E-state index contributed by atoms with van der Waals surface area (Å²) in [4.78, 5) is 6.04. The summed E-state index contributed by atoms with van der Waals surface area (Å²) >= 11 is 3.49.